The fraction of sp³-hybridized carbons (Fsp3) is 0.231. The largest absolute Gasteiger partial charge is 0.492 e. The smallest absolute Gasteiger partial charge is 0.282 e. The van der Waals surface area contributed by atoms with Crippen molar-refractivity contribution in [1.29, 1.82) is 0 Å². The van der Waals surface area contributed by atoms with Gasteiger partial charge in [0.1, 0.15) is 11.4 Å². The predicted molar refractivity (Wildman–Crippen MR) is 130 cm³/mol. The molecule has 1 aliphatic rings. The Balaban J connectivity index is 1.75. The normalized spacial score (nSPS) is 14.3. The SMILES string of the molecule is CCOc1ccccc1N1C(=O)C(Nc2ccc(C(C)(C)C)cc2)=C(c2cccs2)C1=O. The van der Waals surface area contributed by atoms with Gasteiger partial charge in [0.2, 0.25) is 0 Å². The van der Waals surface area contributed by atoms with Gasteiger partial charge in [-0.1, -0.05) is 51.1 Å². The molecule has 1 aliphatic heterocycles. The molecule has 0 saturated heterocycles. The van der Waals surface area contributed by atoms with E-state index >= 15 is 0 Å². The maximum atomic E-state index is 13.5. The van der Waals surface area contributed by atoms with Crippen LogP contribution in [0.4, 0.5) is 11.4 Å². The van der Waals surface area contributed by atoms with Crippen molar-refractivity contribution in [1.82, 2.24) is 0 Å². The summed E-state index contributed by atoms with van der Waals surface area (Å²) in [5.74, 6) is -0.262. The Hall–Kier alpha value is -3.38. The highest BCUT2D eigenvalue weighted by Gasteiger charge is 2.41. The van der Waals surface area contributed by atoms with E-state index in [2.05, 4.69) is 26.1 Å². The number of anilines is 2. The number of carbonyl (C=O) groups is 2. The van der Waals surface area contributed by atoms with Crippen molar-refractivity contribution in [2.75, 3.05) is 16.8 Å². The lowest BCUT2D eigenvalue weighted by atomic mass is 9.87. The summed E-state index contributed by atoms with van der Waals surface area (Å²) in [6, 6.07) is 18.8. The molecule has 2 heterocycles. The first-order valence-corrected chi connectivity index (χ1v) is 11.5. The Labute approximate surface area is 192 Å². The van der Waals surface area contributed by atoms with Crippen molar-refractivity contribution in [2.24, 2.45) is 0 Å². The van der Waals surface area contributed by atoms with Gasteiger partial charge in [-0.2, -0.15) is 0 Å². The number of imide groups is 1. The molecule has 2 amide bonds. The first-order chi connectivity index (χ1) is 15.3. The number of amides is 2. The minimum absolute atomic E-state index is 0.0266. The minimum Gasteiger partial charge on any atom is -0.492 e. The second kappa shape index (κ2) is 8.63. The topological polar surface area (TPSA) is 58.6 Å². The minimum atomic E-state index is -0.398. The molecule has 4 rings (SSSR count). The van der Waals surface area contributed by atoms with E-state index in [1.807, 2.05) is 54.8 Å². The van der Waals surface area contributed by atoms with E-state index in [0.29, 0.717) is 23.6 Å². The average molecular weight is 447 g/mol. The van der Waals surface area contributed by atoms with Crippen LogP contribution in [0, 0.1) is 0 Å². The van der Waals surface area contributed by atoms with Crippen LogP contribution in [0.1, 0.15) is 38.1 Å². The second-order valence-corrected chi connectivity index (χ2v) is 9.47. The van der Waals surface area contributed by atoms with E-state index in [-0.39, 0.29) is 17.0 Å². The zero-order valence-corrected chi connectivity index (χ0v) is 19.5. The second-order valence-electron chi connectivity index (χ2n) is 8.53. The van der Waals surface area contributed by atoms with Crippen molar-refractivity contribution in [2.45, 2.75) is 33.1 Å². The number of rotatable bonds is 6. The van der Waals surface area contributed by atoms with Crippen LogP contribution < -0.4 is 15.0 Å². The molecule has 1 N–H and O–H groups in total. The van der Waals surface area contributed by atoms with Gasteiger partial charge < -0.3 is 10.1 Å². The Morgan fingerprint density at radius 3 is 2.28 bits per heavy atom. The van der Waals surface area contributed by atoms with E-state index in [1.165, 1.54) is 21.8 Å². The first kappa shape index (κ1) is 21.8. The summed E-state index contributed by atoms with van der Waals surface area (Å²) in [6.07, 6.45) is 0. The van der Waals surface area contributed by atoms with Gasteiger partial charge >= 0.3 is 0 Å². The molecule has 0 saturated carbocycles. The number of benzene rings is 2. The molecule has 0 bridgehead atoms. The number of ether oxygens (including phenoxy) is 1. The molecule has 32 heavy (non-hydrogen) atoms. The Morgan fingerprint density at radius 1 is 0.938 bits per heavy atom. The lowest BCUT2D eigenvalue weighted by molar-refractivity contribution is -0.120. The summed E-state index contributed by atoms with van der Waals surface area (Å²) in [7, 11) is 0. The van der Waals surface area contributed by atoms with Crippen LogP contribution in [0.5, 0.6) is 5.75 Å². The molecule has 5 nitrogen and oxygen atoms in total. The number of para-hydroxylation sites is 2. The summed E-state index contributed by atoms with van der Waals surface area (Å²) in [5.41, 5.74) is 3.06. The highest BCUT2D eigenvalue weighted by atomic mass is 32.1. The van der Waals surface area contributed by atoms with Gasteiger partial charge in [0.25, 0.3) is 11.8 Å². The number of nitrogens with zero attached hydrogens (tertiary/aromatic N) is 1. The molecule has 0 fully saturated rings. The van der Waals surface area contributed by atoms with Crippen LogP contribution in [0.2, 0.25) is 0 Å². The van der Waals surface area contributed by atoms with E-state index < -0.39 is 5.91 Å². The maximum absolute atomic E-state index is 13.5. The quantitative estimate of drug-likeness (QED) is 0.483. The van der Waals surface area contributed by atoms with Crippen molar-refractivity contribution in [3.8, 4) is 5.75 Å². The van der Waals surface area contributed by atoms with E-state index in [0.717, 1.165) is 10.6 Å². The maximum Gasteiger partial charge on any atom is 0.282 e. The van der Waals surface area contributed by atoms with Gasteiger partial charge in [0.05, 0.1) is 17.9 Å². The lowest BCUT2D eigenvalue weighted by Gasteiger charge is -2.20. The highest BCUT2D eigenvalue weighted by molar-refractivity contribution is 7.11. The fourth-order valence-electron chi connectivity index (χ4n) is 3.63. The first-order valence-electron chi connectivity index (χ1n) is 10.6. The lowest BCUT2D eigenvalue weighted by Crippen LogP contribution is -2.32. The Bertz CT molecular complexity index is 1170. The van der Waals surface area contributed by atoms with Crippen molar-refractivity contribution < 1.29 is 14.3 Å². The third kappa shape index (κ3) is 4.06. The van der Waals surface area contributed by atoms with Crippen LogP contribution in [0.15, 0.2) is 71.7 Å². The standard InChI is InChI=1S/C26H26N2O3S/c1-5-31-20-10-7-6-9-19(20)28-24(29)22(21-11-8-16-32-21)23(25(28)30)27-18-14-12-17(13-15-18)26(2,3)4/h6-16,27H,5H2,1-4H3. The summed E-state index contributed by atoms with van der Waals surface area (Å²) in [4.78, 5) is 29.0. The van der Waals surface area contributed by atoms with Crippen LogP contribution in [-0.2, 0) is 15.0 Å². The summed E-state index contributed by atoms with van der Waals surface area (Å²) in [5, 5.41) is 5.12. The molecule has 0 aliphatic carbocycles. The van der Waals surface area contributed by atoms with Crippen molar-refractivity contribution in [3.63, 3.8) is 0 Å². The zero-order valence-electron chi connectivity index (χ0n) is 18.6. The molecule has 164 valence electrons. The third-order valence-electron chi connectivity index (χ3n) is 5.28. The third-order valence-corrected chi connectivity index (χ3v) is 6.17. The molecule has 3 aromatic rings. The monoisotopic (exact) mass is 446 g/mol. The molecule has 0 unspecified atom stereocenters. The van der Waals surface area contributed by atoms with Gasteiger partial charge in [-0.15, -0.1) is 11.3 Å². The molecule has 0 atom stereocenters. The molecule has 0 radical (unpaired) electrons. The number of thiophene rings is 1. The van der Waals surface area contributed by atoms with Crippen LogP contribution in [0.25, 0.3) is 5.57 Å². The predicted octanol–water partition coefficient (Wildman–Crippen LogP) is 5.84. The van der Waals surface area contributed by atoms with Crippen LogP contribution in [0.3, 0.4) is 0 Å². The van der Waals surface area contributed by atoms with Crippen LogP contribution in [-0.4, -0.2) is 18.4 Å². The van der Waals surface area contributed by atoms with Crippen molar-refractivity contribution >= 4 is 40.1 Å². The van der Waals surface area contributed by atoms with Gasteiger partial charge in [0.15, 0.2) is 0 Å². The molecular formula is C26H26N2O3S. The van der Waals surface area contributed by atoms with E-state index in [1.54, 1.807) is 18.2 Å². The van der Waals surface area contributed by atoms with Gasteiger partial charge in [-0.25, -0.2) is 4.90 Å². The van der Waals surface area contributed by atoms with Crippen LogP contribution >= 0.6 is 11.3 Å². The van der Waals surface area contributed by atoms with Crippen molar-refractivity contribution in [3.05, 3.63) is 82.2 Å². The number of hydrogen-bond donors (Lipinski definition) is 1. The van der Waals surface area contributed by atoms with Gasteiger partial charge in [-0.3, -0.25) is 9.59 Å². The molecule has 2 aromatic carbocycles. The number of hydrogen-bond acceptors (Lipinski definition) is 5. The number of carbonyl (C=O) groups excluding carboxylic acids is 2. The van der Waals surface area contributed by atoms with Gasteiger partial charge in [0, 0.05) is 10.6 Å². The molecule has 6 heteroatoms. The van der Waals surface area contributed by atoms with E-state index in [9.17, 15) is 9.59 Å². The van der Waals surface area contributed by atoms with Gasteiger partial charge in [-0.05, 0) is 53.6 Å². The number of nitrogens with one attached hydrogen (secondary N) is 1. The summed E-state index contributed by atoms with van der Waals surface area (Å²) < 4.78 is 5.69. The highest BCUT2D eigenvalue weighted by Crippen LogP contribution is 2.39. The molecule has 1 aromatic heterocycles. The van der Waals surface area contributed by atoms with E-state index in [4.69, 9.17) is 4.74 Å². The summed E-state index contributed by atoms with van der Waals surface area (Å²) in [6.45, 7) is 8.76. The Morgan fingerprint density at radius 2 is 1.66 bits per heavy atom. The Kier molecular flexibility index (Phi) is 5.89. The molecular weight excluding hydrogens is 420 g/mol. The average Bonchev–Trinajstić information content (AvgIpc) is 3.36. The zero-order chi connectivity index (χ0) is 22.9. The summed E-state index contributed by atoms with van der Waals surface area (Å²) >= 11 is 1.43. The fourth-order valence-corrected chi connectivity index (χ4v) is 4.40. The molecule has 0 spiro atoms.